The highest BCUT2D eigenvalue weighted by Gasteiger charge is 2.09. The van der Waals surface area contributed by atoms with E-state index in [-0.39, 0.29) is 0 Å². The van der Waals surface area contributed by atoms with Crippen LogP contribution in [0.4, 0.5) is 0 Å². The number of aromatic nitrogens is 2. The van der Waals surface area contributed by atoms with Crippen LogP contribution >= 0.6 is 0 Å². The first-order chi connectivity index (χ1) is 7.29. The van der Waals surface area contributed by atoms with Crippen LogP contribution in [0.2, 0.25) is 0 Å². The molecule has 1 heterocycles. The van der Waals surface area contributed by atoms with Crippen molar-refractivity contribution in [2.24, 2.45) is 5.73 Å². The van der Waals surface area contributed by atoms with Gasteiger partial charge < -0.3 is 11.1 Å². The van der Waals surface area contributed by atoms with E-state index in [9.17, 15) is 0 Å². The summed E-state index contributed by atoms with van der Waals surface area (Å²) < 4.78 is 0. The zero-order valence-electron chi connectivity index (χ0n) is 8.01. The highest BCUT2D eigenvalue weighted by Crippen LogP contribution is 2.15. The molecule has 0 aromatic carbocycles. The Balaban J connectivity index is 2.46. The molecule has 1 aliphatic carbocycles. The maximum absolute atomic E-state index is 7.71. The van der Waals surface area contributed by atoms with E-state index in [4.69, 9.17) is 11.1 Å². The van der Waals surface area contributed by atoms with E-state index >= 15 is 0 Å². The van der Waals surface area contributed by atoms with Crippen molar-refractivity contribution in [3.05, 3.63) is 54.2 Å². The van der Waals surface area contributed by atoms with Gasteiger partial charge in [-0.25, -0.2) is 9.97 Å². The Labute approximate surface area is 87.4 Å². The van der Waals surface area contributed by atoms with E-state index in [1.165, 1.54) is 6.33 Å². The van der Waals surface area contributed by atoms with Crippen molar-refractivity contribution in [3.63, 3.8) is 0 Å². The maximum atomic E-state index is 7.71. The van der Waals surface area contributed by atoms with Crippen LogP contribution in [-0.2, 0) is 0 Å². The largest absolute Gasteiger partial charge is 0.396 e. The van der Waals surface area contributed by atoms with Crippen LogP contribution in [0, 0.1) is 5.41 Å². The second-order valence-corrected chi connectivity index (χ2v) is 3.05. The Morgan fingerprint density at radius 2 is 2.07 bits per heavy atom. The van der Waals surface area contributed by atoms with Crippen molar-refractivity contribution in [3.8, 4) is 0 Å². The second kappa shape index (κ2) is 3.88. The number of hydrogen-bond donors (Lipinski definition) is 2. The minimum absolute atomic E-state index is 0.397. The van der Waals surface area contributed by atoms with Gasteiger partial charge in [0.1, 0.15) is 6.33 Å². The Kier molecular flexibility index (Phi) is 2.41. The third-order valence-corrected chi connectivity index (χ3v) is 2.08. The molecule has 0 bridgehead atoms. The number of hydrogen-bond acceptors (Lipinski definition) is 4. The van der Waals surface area contributed by atoms with E-state index in [2.05, 4.69) is 9.97 Å². The van der Waals surface area contributed by atoms with Gasteiger partial charge in [-0.1, -0.05) is 18.2 Å². The van der Waals surface area contributed by atoms with Crippen molar-refractivity contribution < 1.29 is 0 Å². The van der Waals surface area contributed by atoms with E-state index in [0.717, 1.165) is 0 Å². The van der Waals surface area contributed by atoms with Gasteiger partial charge in [0, 0.05) is 11.8 Å². The molecular formula is C11H10N4. The summed E-state index contributed by atoms with van der Waals surface area (Å²) in [4.78, 5) is 7.86. The van der Waals surface area contributed by atoms with Gasteiger partial charge in [-0.05, 0) is 12.1 Å². The molecule has 0 spiro atoms. The number of nitrogens with one attached hydrogen (secondary N) is 1. The van der Waals surface area contributed by atoms with Crippen molar-refractivity contribution in [1.82, 2.24) is 9.97 Å². The molecule has 0 saturated heterocycles. The number of rotatable bonds is 1. The highest BCUT2D eigenvalue weighted by atomic mass is 14.8. The van der Waals surface area contributed by atoms with Crippen molar-refractivity contribution in [2.75, 3.05) is 0 Å². The lowest BCUT2D eigenvalue weighted by Gasteiger charge is -2.08. The smallest absolute Gasteiger partial charge is 0.116 e. The van der Waals surface area contributed by atoms with Gasteiger partial charge in [-0.3, -0.25) is 0 Å². The minimum atomic E-state index is 0.397. The summed E-state index contributed by atoms with van der Waals surface area (Å²) in [6.45, 7) is 0. The van der Waals surface area contributed by atoms with Crippen LogP contribution in [0.3, 0.4) is 0 Å². The van der Waals surface area contributed by atoms with Crippen molar-refractivity contribution >= 4 is 11.4 Å². The van der Waals surface area contributed by atoms with Crippen LogP contribution in [0.5, 0.6) is 0 Å². The summed E-state index contributed by atoms with van der Waals surface area (Å²) in [6, 6.07) is 1.72. The molecule has 0 unspecified atom stereocenters. The molecule has 0 radical (unpaired) electrons. The summed E-state index contributed by atoms with van der Waals surface area (Å²) in [7, 11) is 0. The van der Waals surface area contributed by atoms with Crippen molar-refractivity contribution in [1.29, 1.82) is 5.41 Å². The molecule has 1 aromatic rings. The van der Waals surface area contributed by atoms with E-state index in [1.807, 2.05) is 6.08 Å². The van der Waals surface area contributed by atoms with E-state index in [0.29, 0.717) is 22.7 Å². The lowest BCUT2D eigenvalue weighted by Crippen LogP contribution is -2.09. The number of allylic oxidation sites excluding steroid dienone is 5. The molecule has 4 heteroatoms. The fraction of sp³-hybridized carbons (Fsp3) is 0. The van der Waals surface area contributed by atoms with Gasteiger partial charge in [-0.15, -0.1) is 0 Å². The van der Waals surface area contributed by atoms with E-state index < -0.39 is 0 Å². The molecule has 3 N–H and O–H groups in total. The predicted octanol–water partition coefficient (Wildman–Crippen LogP) is 1.29. The Morgan fingerprint density at radius 3 is 2.73 bits per heavy atom. The summed E-state index contributed by atoms with van der Waals surface area (Å²) in [6.07, 6.45) is 10.2. The number of nitrogens with two attached hydrogens (primary N) is 1. The van der Waals surface area contributed by atoms with Gasteiger partial charge in [0.05, 0.1) is 17.1 Å². The summed E-state index contributed by atoms with van der Waals surface area (Å²) in [5.41, 5.74) is 8.16. The van der Waals surface area contributed by atoms with Crippen LogP contribution in [0.25, 0.3) is 5.70 Å². The summed E-state index contributed by atoms with van der Waals surface area (Å²) in [5.74, 6) is 0. The minimum Gasteiger partial charge on any atom is -0.396 e. The van der Waals surface area contributed by atoms with Gasteiger partial charge in [-0.2, -0.15) is 0 Å². The lowest BCUT2D eigenvalue weighted by molar-refractivity contribution is 1.13. The third kappa shape index (κ3) is 1.83. The molecule has 0 amide bonds. The average molecular weight is 198 g/mol. The first-order valence-corrected chi connectivity index (χ1v) is 4.49. The molecule has 1 aromatic heterocycles. The topological polar surface area (TPSA) is 75.7 Å². The maximum Gasteiger partial charge on any atom is 0.116 e. The molecule has 0 saturated carbocycles. The molecule has 4 nitrogen and oxygen atoms in total. The summed E-state index contributed by atoms with van der Waals surface area (Å²) >= 11 is 0. The van der Waals surface area contributed by atoms with Crippen LogP contribution < -0.4 is 5.73 Å². The first kappa shape index (κ1) is 9.33. The van der Waals surface area contributed by atoms with Crippen molar-refractivity contribution in [2.45, 2.75) is 0 Å². The van der Waals surface area contributed by atoms with Crippen LogP contribution in [0.1, 0.15) is 5.69 Å². The first-order valence-electron chi connectivity index (χ1n) is 4.49. The molecule has 74 valence electrons. The average Bonchev–Trinajstić information content (AvgIpc) is 2.30. The standard InChI is InChI=1S/C11H10N4/c12-9-4-2-1-3-8(9)11(13)10-5-6-14-7-15-10/h1-7,12H,13H2/b11-8-,12-9?. The molecule has 0 aliphatic heterocycles. The molecule has 15 heavy (non-hydrogen) atoms. The molecule has 0 fully saturated rings. The fourth-order valence-electron chi connectivity index (χ4n) is 1.31. The molecule has 0 atom stereocenters. The Hall–Kier alpha value is -2.23. The molecular weight excluding hydrogens is 188 g/mol. The zero-order chi connectivity index (χ0) is 10.7. The predicted molar refractivity (Wildman–Crippen MR) is 59.1 cm³/mol. The quantitative estimate of drug-likeness (QED) is 0.714. The SMILES string of the molecule is N=C1C=CC=C/C1=C(/N)c1ccncn1. The fourth-order valence-corrected chi connectivity index (χ4v) is 1.31. The molecule has 1 aliphatic rings. The van der Waals surface area contributed by atoms with Crippen LogP contribution in [-0.4, -0.2) is 15.7 Å². The lowest BCUT2D eigenvalue weighted by atomic mass is 10.0. The monoisotopic (exact) mass is 198 g/mol. The van der Waals surface area contributed by atoms with Gasteiger partial charge in [0.15, 0.2) is 0 Å². The Morgan fingerprint density at radius 1 is 1.27 bits per heavy atom. The zero-order valence-corrected chi connectivity index (χ0v) is 8.01. The highest BCUT2D eigenvalue weighted by molar-refractivity contribution is 6.13. The normalized spacial score (nSPS) is 18.0. The summed E-state index contributed by atoms with van der Waals surface area (Å²) in [5, 5.41) is 7.71. The second-order valence-electron chi connectivity index (χ2n) is 3.05. The van der Waals surface area contributed by atoms with Crippen LogP contribution in [0.15, 0.2) is 48.5 Å². The molecule has 2 rings (SSSR count). The Bertz CT molecular complexity index is 469. The third-order valence-electron chi connectivity index (χ3n) is 2.08. The van der Waals surface area contributed by atoms with Gasteiger partial charge in [0.2, 0.25) is 0 Å². The van der Waals surface area contributed by atoms with Gasteiger partial charge >= 0.3 is 0 Å². The van der Waals surface area contributed by atoms with E-state index in [1.54, 1.807) is 30.5 Å². The number of nitrogens with zero attached hydrogens (tertiary/aromatic N) is 2. The van der Waals surface area contributed by atoms with Gasteiger partial charge in [0.25, 0.3) is 0 Å².